The fourth-order valence-electron chi connectivity index (χ4n) is 7.18. The molecule has 2 aliphatic heterocycles. The van der Waals surface area contributed by atoms with E-state index in [1.54, 1.807) is 41.9 Å². The van der Waals surface area contributed by atoms with Crippen molar-refractivity contribution in [3.63, 3.8) is 0 Å². The number of anilines is 1. The number of carbonyl (C=O) groups excluding carboxylic acids is 2. The molecule has 0 bridgehead atoms. The van der Waals surface area contributed by atoms with Crippen LogP contribution in [0, 0.1) is 16.0 Å². The number of hydrogen-bond donors (Lipinski definition) is 1. The van der Waals surface area contributed by atoms with Crippen LogP contribution in [-0.2, 0) is 31.2 Å². The van der Waals surface area contributed by atoms with Crippen LogP contribution in [-0.4, -0.2) is 71.7 Å². The maximum Gasteiger partial charge on any atom is 0.305 e. The van der Waals surface area contributed by atoms with Gasteiger partial charge in [0.05, 0.1) is 42.0 Å². The number of esters is 1. The minimum absolute atomic E-state index is 0.148. The third kappa shape index (κ3) is 6.20. The maximum absolute atomic E-state index is 16.2. The summed E-state index contributed by atoms with van der Waals surface area (Å²) in [5.41, 5.74) is -0.0154. The zero-order valence-electron chi connectivity index (χ0n) is 26.5. The fraction of sp³-hybridized carbons (Fsp3) is 0.500. The summed E-state index contributed by atoms with van der Waals surface area (Å²) < 4.78 is 29.2. The van der Waals surface area contributed by atoms with Crippen molar-refractivity contribution in [2.75, 3.05) is 25.2 Å². The molecule has 46 heavy (non-hydrogen) atoms. The molecule has 0 aliphatic carbocycles. The van der Waals surface area contributed by atoms with Crippen LogP contribution in [0.3, 0.4) is 0 Å². The summed E-state index contributed by atoms with van der Waals surface area (Å²) in [6.07, 6.45) is 2.58. The highest BCUT2D eigenvalue weighted by Crippen LogP contribution is 2.60. The molecule has 12 nitrogen and oxygen atoms in total. The predicted molar refractivity (Wildman–Crippen MR) is 169 cm³/mol. The van der Waals surface area contributed by atoms with Gasteiger partial charge in [-0.1, -0.05) is 42.5 Å². The van der Waals surface area contributed by atoms with Gasteiger partial charge in [-0.05, 0) is 44.0 Å². The molecular weight excluding hydrogens is 613 g/mol. The quantitative estimate of drug-likeness (QED) is 0.0681. The number of fused-ring (bicyclic) bond motifs is 2. The van der Waals surface area contributed by atoms with Gasteiger partial charge in [-0.2, -0.15) is 0 Å². The number of ether oxygens (including phenoxy) is 2. The van der Waals surface area contributed by atoms with Crippen molar-refractivity contribution in [2.24, 2.45) is 5.92 Å². The van der Waals surface area contributed by atoms with Gasteiger partial charge in [0.2, 0.25) is 8.41 Å². The monoisotopic (exact) mass is 653 g/mol. The molecule has 14 heteroatoms. The second-order valence-electron chi connectivity index (χ2n) is 12.6. The van der Waals surface area contributed by atoms with E-state index >= 15 is 4.11 Å². The number of non-ortho nitro benzene ring substituents is 1. The molecule has 5 rings (SSSR count). The summed E-state index contributed by atoms with van der Waals surface area (Å²) in [4.78, 5) is 38.8. The van der Waals surface area contributed by atoms with Gasteiger partial charge in [0, 0.05) is 54.9 Å². The highest BCUT2D eigenvalue weighted by molar-refractivity contribution is 6.72. The Bertz CT molecular complexity index is 1580. The van der Waals surface area contributed by atoms with Crippen molar-refractivity contribution in [1.82, 2.24) is 15.0 Å². The number of nitro groups is 1. The van der Waals surface area contributed by atoms with Gasteiger partial charge in [0.1, 0.15) is 0 Å². The number of aliphatic hydroxyl groups is 1. The van der Waals surface area contributed by atoms with E-state index in [2.05, 4.69) is 10.3 Å². The van der Waals surface area contributed by atoms with E-state index in [1.165, 1.54) is 19.2 Å². The van der Waals surface area contributed by atoms with Gasteiger partial charge in [-0.25, -0.2) is 0 Å². The minimum atomic E-state index is -3.46. The Labute approximate surface area is 267 Å². The highest BCUT2D eigenvalue weighted by Gasteiger charge is 2.66. The maximum atomic E-state index is 16.2. The first-order valence-electron chi connectivity index (χ1n) is 15.5. The third-order valence-electron chi connectivity index (χ3n) is 9.34. The summed E-state index contributed by atoms with van der Waals surface area (Å²) in [7, 11) is -2.14. The van der Waals surface area contributed by atoms with Gasteiger partial charge in [-0.3, -0.25) is 24.4 Å². The molecule has 2 aliphatic rings. The molecule has 1 aromatic heterocycles. The molecule has 0 radical (unpaired) electrons. The summed E-state index contributed by atoms with van der Waals surface area (Å²) in [6, 6.07) is 13.8. The number of nitrogens with zero attached hydrogens (tertiary/aromatic N) is 5. The van der Waals surface area contributed by atoms with Crippen molar-refractivity contribution < 1.29 is 33.2 Å². The first-order chi connectivity index (χ1) is 21.9. The number of halogens is 1. The number of aromatic nitrogens is 3. The summed E-state index contributed by atoms with van der Waals surface area (Å²) in [5.74, 6) is -1.69. The van der Waals surface area contributed by atoms with Crippen molar-refractivity contribution >= 4 is 31.7 Å². The summed E-state index contributed by atoms with van der Waals surface area (Å²) in [6.45, 7) is 5.44. The molecule has 3 heterocycles. The zero-order chi connectivity index (χ0) is 33.2. The van der Waals surface area contributed by atoms with Crippen molar-refractivity contribution in [1.29, 1.82) is 0 Å². The average Bonchev–Trinajstić information content (AvgIpc) is 3.68. The van der Waals surface area contributed by atoms with E-state index in [-0.39, 0.29) is 43.1 Å². The lowest BCUT2D eigenvalue weighted by molar-refractivity contribution is -0.385. The number of amides is 1. The molecule has 1 N–H and O–H groups in total. The first-order valence-corrected chi connectivity index (χ1v) is 18.5. The van der Waals surface area contributed by atoms with E-state index in [9.17, 15) is 24.8 Å². The number of aryl methyl sites for hydroxylation is 1. The Kier molecular flexibility index (Phi) is 9.70. The Morgan fingerprint density at radius 3 is 2.61 bits per heavy atom. The molecule has 3 aromatic rings. The summed E-state index contributed by atoms with van der Waals surface area (Å²) >= 11 is 0. The molecule has 1 unspecified atom stereocenters. The van der Waals surface area contributed by atoms with Gasteiger partial charge in [-0.15, -0.1) is 5.10 Å². The van der Waals surface area contributed by atoms with E-state index in [0.29, 0.717) is 42.8 Å². The zero-order valence-corrected chi connectivity index (χ0v) is 27.5. The van der Waals surface area contributed by atoms with Crippen LogP contribution in [0.25, 0.3) is 0 Å². The number of nitro benzene ring substituents is 1. The Morgan fingerprint density at radius 2 is 1.96 bits per heavy atom. The second kappa shape index (κ2) is 13.4. The molecule has 1 saturated heterocycles. The Hall–Kier alpha value is -4.01. The van der Waals surface area contributed by atoms with Crippen LogP contribution < -0.4 is 4.90 Å². The van der Waals surface area contributed by atoms with Gasteiger partial charge in [0.15, 0.2) is 5.60 Å². The van der Waals surface area contributed by atoms with Gasteiger partial charge >= 0.3 is 5.97 Å². The number of hydrogen-bond acceptors (Lipinski definition) is 9. The molecule has 0 saturated carbocycles. The number of aliphatic hydroxyl groups excluding tert-OH is 1. The minimum Gasteiger partial charge on any atom is -0.469 e. The highest BCUT2D eigenvalue weighted by atomic mass is 28.4. The standard InChI is InChI=1S/C32H40FN5O7Si/c1-21-30(46(3,4)33)28(15-17-36-19-26(34-35-36)24(20-39)22-10-6-5-7-11-22)45-32(21)25-18-23(38(42)43)13-14-27(25)37(31(32)41)16-9-8-12-29(40)44-2/h5-7,10-11,13-14,18-19,21,24,28,30,39H,8-9,12,15-17,20H2,1-4H3/t21-,24?,28+,30-,32+/m0/s1. The SMILES string of the molecule is COC(=O)CCCCN1C(=O)[C@]2(O[C@H](CCn3cc(C(CO)c4ccccc4)nn3)[C@@H]([Si](C)(C)F)[C@@H]2C)c2cc([N+](=O)[O-])ccc21. The molecule has 246 valence electrons. The van der Waals surface area contributed by atoms with E-state index < -0.39 is 36.5 Å². The van der Waals surface area contributed by atoms with Gasteiger partial charge < -0.3 is 23.6 Å². The van der Waals surface area contributed by atoms with E-state index in [4.69, 9.17) is 9.47 Å². The lowest BCUT2D eigenvalue weighted by Gasteiger charge is -2.31. The van der Waals surface area contributed by atoms with Crippen LogP contribution in [0.1, 0.15) is 55.3 Å². The Morgan fingerprint density at radius 1 is 1.22 bits per heavy atom. The molecule has 1 amide bonds. The second-order valence-corrected chi connectivity index (χ2v) is 16.4. The first kappa shape index (κ1) is 33.4. The average molecular weight is 654 g/mol. The lowest BCUT2D eigenvalue weighted by Crippen LogP contribution is -2.45. The molecule has 5 atom stereocenters. The van der Waals surface area contributed by atoms with Crippen LogP contribution in [0.2, 0.25) is 18.6 Å². The lowest BCUT2D eigenvalue weighted by atomic mass is 9.82. The number of carbonyl (C=O) groups is 2. The summed E-state index contributed by atoms with van der Waals surface area (Å²) in [5, 5.41) is 30.4. The van der Waals surface area contributed by atoms with Crippen LogP contribution in [0.5, 0.6) is 0 Å². The van der Waals surface area contributed by atoms with Crippen LogP contribution >= 0.6 is 0 Å². The van der Waals surface area contributed by atoms with Crippen LogP contribution in [0.15, 0.2) is 54.7 Å². The third-order valence-corrected chi connectivity index (χ3v) is 11.8. The molecule has 2 aromatic carbocycles. The molecular formula is C32H40FN5O7Si. The number of unbranched alkanes of at least 4 members (excludes halogenated alkanes) is 1. The van der Waals surface area contributed by atoms with Crippen LogP contribution in [0.4, 0.5) is 15.5 Å². The topological polar surface area (TPSA) is 150 Å². The molecule has 1 spiro atoms. The van der Waals surface area contributed by atoms with E-state index in [0.717, 1.165) is 5.56 Å². The van der Waals surface area contributed by atoms with Crippen molar-refractivity contribution in [3.8, 4) is 0 Å². The van der Waals surface area contributed by atoms with Crippen molar-refractivity contribution in [2.45, 2.75) is 75.4 Å². The smallest absolute Gasteiger partial charge is 0.305 e. The predicted octanol–water partition coefficient (Wildman–Crippen LogP) is 4.87. The molecule has 1 fully saturated rings. The fourth-order valence-corrected chi connectivity index (χ4v) is 9.72. The Balaban J connectivity index is 1.43. The van der Waals surface area contributed by atoms with Gasteiger partial charge in [0.25, 0.3) is 11.6 Å². The number of benzene rings is 2. The largest absolute Gasteiger partial charge is 0.469 e. The van der Waals surface area contributed by atoms with Crippen molar-refractivity contribution in [3.05, 3.63) is 81.7 Å². The normalized spacial score (nSPS) is 23.1. The number of methoxy groups -OCH3 is 1. The number of rotatable bonds is 13. The van der Waals surface area contributed by atoms with E-state index in [1.807, 2.05) is 30.3 Å².